The summed E-state index contributed by atoms with van der Waals surface area (Å²) < 4.78 is 36.8. The average Bonchev–Trinajstić information content (AvgIpc) is 2.50. The molecule has 0 aliphatic rings. The number of carbonyl (C=O) groups excluding carboxylic acids is 1. The molecule has 0 fully saturated rings. The lowest BCUT2D eigenvalue weighted by Crippen LogP contribution is -2.30. The molecule has 1 N–H and O–H groups in total. The van der Waals surface area contributed by atoms with Crippen LogP contribution in [0.3, 0.4) is 0 Å². The fourth-order valence-electron chi connectivity index (χ4n) is 1.82. The summed E-state index contributed by atoms with van der Waals surface area (Å²) >= 11 is -0.198. The highest BCUT2D eigenvalue weighted by Gasteiger charge is 2.27. The number of alkyl halides is 3. The number of rotatable bonds is 6. The van der Waals surface area contributed by atoms with Gasteiger partial charge in [-0.05, 0) is 23.9 Å². The fraction of sp³-hybridized carbons (Fsp3) is 0.385. The second-order valence-electron chi connectivity index (χ2n) is 4.53. The Labute approximate surface area is 133 Å². The number of fused-ring (bicyclic) bond motifs is 1. The van der Waals surface area contributed by atoms with Crippen molar-refractivity contribution in [3.05, 3.63) is 34.6 Å². The Balaban J connectivity index is 1.85. The van der Waals surface area contributed by atoms with Crippen LogP contribution in [0.1, 0.15) is 6.42 Å². The summed E-state index contributed by atoms with van der Waals surface area (Å²) in [5, 5.41) is 10.4. The Hall–Kier alpha value is -2.10. The SMILES string of the molecule is O=C(CCn1nnc2ccccc2c1=O)NCCSC(F)(F)F. The summed E-state index contributed by atoms with van der Waals surface area (Å²) in [5.41, 5.74) is -4.21. The number of hydrogen-bond acceptors (Lipinski definition) is 5. The summed E-state index contributed by atoms with van der Waals surface area (Å²) in [4.78, 5) is 23.7. The standard InChI is InChI=1S/C13H13F3N4O2S/c14-13(15,16)23-8-6-17-11(21)5-7-20-12(22)9-3-1-2-4-10(9)18-19-20/h1-4H,5-8H2,(H,17,21). The monoisotopic (exact) mass is 346 g/mol. The van der Waals surface area contributed by atoms with E-state index in [1.54, 1.807) is 24.3 Å². The lowest BCUT2D eigenvalue weighted by Gasteiger charge is -2.07. The molecule has 1 heterocycles. The van der Waals surface area contributed by atoms with E-state index in [0.717, 1.165) is 4.68 Å². The first-order chi connectivity index (χ1) is 10.9. The predicted octanol–water partition coefficient (Wildman–Crippen LogP) is 1.55. The van der Waals surface area contributed by atoms with Crippen molar-refractivity contribution in [2.24, 2.45) is 0 Å². The van der Waals surface area contributed by atoms with Crippen LogP contribution in [0, 0.1) is 0 Å². The van der Waals surface area contributed by atoms with Gasteiger partial charge in [-0.25, -0.2) is 4.68 Å². The van der Waals surface area contributed by atoms with Gasteiger partial charge in [-0.2, -0.15) is 13.2 Å². The molecule has 0 atom stereocenters. The van der Waals surface area contributed by atoms with Crippen LogP contribution in [0.25, 0.3) is 10.9 Å². The molecule has 0 saturated heterocycles. The molecular formula is C13H13F3N4O2S. The molecule has 1 amide bonds. The van der Waals surface area contributed by atoms with E-state index in [-0.39, 0.29) is 42.6 Å². The number of hydrogen-bond donors (Lipinski definition) is 1. The first-order valence-electron chi connectivity index (χ1n) is 6.67. The van der Waals surface area contributed by atoms with Gasteiger partial charge in [-0.1, -0.05) is 17.3 Å². The molecule has 0 aliphatic carbocycles. The Morgan fingerprint density at radius 1 is 1.30 bits per heavy atom. The minimum Gasteiger partial charge on any atom is -0.355 e. The number of thioether (sulfide) groups is 1. The summed E-state index contributed by atoms with van der Waals surface area (Å²) in [7, 11) is 0. The van der Waals surface area contributed by atoms with Crippen LogP contribution in [0.2, 0.25) is 0 Å². The van der Waals surface area contributed by atoms with Gasteiger partial charge in [-0.3, -0.25) is 9.59 Å². The van der Waals surface area contributed by atoms with Crippen LogP contribution in [-0.2, 0) is 11.3 Å². The highest BCUT2D eigenvalue weighted by atomic mass is 32.2. The van der Waals surface area contributed by atoms with Crippen molar-refractivity contribution in [3.8, 4) is 0 Å². The van der Waals surface area contributed by atoms with Crippen LogP contribution in [0.4, 0.5) is 13.2 Å². The number of halogens is 3. The van der Waals surface area contributed by atoms with E-state index >= 15 is 0 Å². The molecule has 6 nitrogen and oxygen atoms in total. The molecule has 2 rings (SSSR count). The number of aromatic nitrogens is 3. The van der Waals surface area contributed by atoms with Crippen molar-refractivity contribution in [3.63, 3.8) is 0 Å². The third-order valence-electron chi connectivity index (χ3n) is 2.87. The molecule has 0 spiro atoms. The quantitative estimate of drug-likeness (QED) is 0.803. The summed E-state index contributed by atoms with van der Waals surface area (Å²) in [6.07, 6.45) is -0.0659. The number of nitrogens with zero attached hydrogens (tertiary/aromatic N) is 3. The van der Waals surface area contributed by atoms with Crippen LogP contribution in [0.15, 0.2) is 29.1 Å². The Morgan fingerprint density at radius 2 is 2.04 bits per heavy atom. The zero-order valence-corrected chi connectivity index (χ0v) is 12.7. The molecule has 2 aromatic rings. The van der Waals surface area contributed by atoms with Crippen molar-refractivity contribution in [2.45, 2.75) is 18.5 Å². The smallest absolute Gasteiger partial charge is 0.355 e. The van der Waals surface area contributed by atoms with Crippen molar-refractivity contribution < 1.29 is 18.0 Å². The van der Waals surface area contributed by atoms with E-state index in [0.29, 0.717) is 10.9 Å². The van der Waals surface area contributed by atoms with Gasteiger partial charge in [0, 0.05) is 18.7 Å². The van der Waals surface area contributed by atoms with E-state index in [1.165, 1.54) is 0 Å². The minimum atomic E-state index is -4.31. The van der Waals surface area contributed by atoms with Crippen molar-refractivity contribution in [1.82, 2.24) is 20.3 Å². The van der Waals surface area contributed by atoms with E-state index in [4.69, 9.17) is 0 Å². The number of aryl methyl sites for hydroxylation is 1. The largest absolute Gasteiger partial charge is 0.441 e. The van der Waals surface area contributed by atoms with Crippen molar-refractivity contribution >= 4 is 28.6 Å². The summed E-state index contributed by atoms with van der Waals surface area (Å²) in [5.74, 6) is -0.708. The van der Waals surface area contributed by atoms with E-state index in [1.807, 2.05) is 0 Å². The number of benzene rings is 1. The third kappa shape index (κ3) is 5.23. The Bertz CT molecular complexity index is 748. The molecule has 1 aromatic heterocycles. The maximum absolute atomic E-state index is 12.1. The van der Waals surface area contributed by atoms with E-state index in [2.05, 4.69) is 15.6 Å². The van der Waals surface area contributed by atoms with Crippen molar-refractivity contribution in [1.29, 1.82) is 0 Å². The fourth-order valence-corrected chi connectivity index (χ4v) is 2.26. The summed E-state index contributed by atoms with van der Waals surface area (Å²) in [6.45, 7) is -0.0871. The Kier molecular flexibility index (Phi) is 5.59. The van der Waals surface area contributed by atoms with Gasteiger partial charge in [0.1, 0.15) is 5.52 Å². The lowest BCUT2D eigenvalue weighted by molar-refractivity contribution is -0.121. The molecule has 10 heteroatoms. The van der Waals surface area contributed by atoms with E-state index < -0.39 is 11.4 Å². The predicted molar refractivity (Wildman–Crippen MR) is 79.9 cm³/mol. The van der Waals surface area contributed by atoms with Crippen LogP contribution in [-0.4, -0.2) is 38.7 Å². The van der Waals surface area contributed by atoms with Gasteiger partial charge < -0.3 is 5.32 Å². The molecular weight excluding hydrogens is 333 g/mol. The second kappa shape index (κ2) is 7.44. The second-order valence-corrected chi connectivity index (χ2v) is 5.69. The third-order valence-corrected chi connectivity index (χ3v) is 3.61. The zero-order valence-electron chi connectivity index (χ0n) is 11.8. The van der Waals surface area contributed by atoms with Gasteiger partial charge in [-0.15, -0.1) is 5.10 Å². The van der Waals surface area contributed by atoms with Crippen molar-refractivity contribution in [2.75, 3.05) is 12.3 Å². The molecule has 0 unspecified atom stereocenters. The first kappa shape index (κ1) is 17.3. The average molecular weight is 346 g/mol. The van der Waals surface area contributed by atoms with Gasteiger partial charge >= 0.3 is 5.51 Å². The van der Waals surface area contributed by atoms with Gasteiger partial charge in [0.2, 0.25) is 5.91 Å². The highest BCUT2D eigenvalue weighted by molar-refractivity contribution is 8.00. The normalized spacial score (nSPS) is 11.6. The number of carbonyl (C=O) groups is 1. The molecule has 124 valence electrons. The van der Waals surface area contributed by atoms with Gasteiger partial charge in [0.05, 0.1) is 11.9 Å². The summed E-state index contributed by atoms with van der Waals surface area (Å²) in [6, 6.07) is 6.68. The minimum absolute atomic E-state index is 0.00884. The maximum Gasteiger partial charge on any atom is 0.441 e. The van der Waals surface area contributed by atoms with Crippen LogP contribution < -0.4 is 10.9 Å². The lowest BCUT2D eigenvalue weighted by atomic mass is 10.2. The van der Waals surface area contributed by atoms with Gasteiger partial charge in [0.15, 0.2) is 0 Å². The number of amides is 1. The zero-order chi connectivity index (χ0) is 16.9. The van der Waals surface area contributed by atoms with Gasteiger partial charge in [0.25, 0.3) is 5.56 Å². The van der Waals surface area contributed by atoms with E-state index in [9.17, 15) is 22.8 Å². The molecule has 0 radical (unpaired) electrons. The maximum atomic E-state index is 12.1. The molecule has 0 bridgehead atoms. The molecule has 0 aliphatic heterocycles. The molecule has 0 saturated carbocycles. The van der Waals surface area contributed by atoms with Crippen LogP contribution in [0.5, 0.6) is 0 Å². The molecule has 1 aromatic carbocycles. The molecule has 23 heavy (non-hydrogen) atoms. The van der Waals surface area contributed by atoms with Crippen LogP contribution >= 0.6 is 11.8 Å². The number of nitrogens with one attached hydrogen (secondary N) is 1. The first-order valence-corrected chi connectivity index (χ1v) is 7.65. The Morgan fingerprint density at radius 3 is 2.78 bits per heavy atom. The highest BCUT2D eigenvalue weighted by Crippen LogP contribution is 2.29. The topological polar surface area (TPSA) is 76.9 Å².